The lowest BCUT2D eigenvalue weighted by atomic mass is 10.1. The smallest absolute Gasteiger partial charge is 0.170 e. The van der Waals surface area contributed by atoms with Gasteiger partial charge in [-0.3, -0.25) is 0 Å². The van der Waals surface area contributed by atoms with Crippen LogP contribution in [0.15, 0.2) is 22.0 Å². The van der Waals surface area contributed by atoms with Crippen LogP contribution in [0.3, 0.4) is 0 Å². The van der Waals surface area contributed by atoms with E-state index in [1.165, 1.54) is 4.88 Å². The van der Waals surface area contributed by atoms with Crippen LogP contribution in [0.1, 0.15) is 36.0 Å². The van der Waals surface area contributed by atoms with Crippen molar-refractivity contribution in [3.05, 3.63) is 33.7 Å². The number of hydrogen-bond acceptors (Lipinski definition) is 4. The molecule has 2 heterocycles. The van der Waals surface area contributed by atoms with Crippen molar-refractivity contribution in [3.8, 4) is 0 Å². The van der Waals surface area contributed by atoms with Gasteiger partial charge in [-0.25, -0.2) is 0 Å². The number of rotatable bonds is 6. The van der Waals surface area contributed by atoms with Crippen molar-refractivity contribution < 1.29 is 4.52 Å². The molecule has 0 radical (unpaired) electrons. The Morgan fingerprint density at radius 1 is 1.35 bits per heavy atom. The van der Waals surface area contributed by atoms with Gasteiger partial charge in [-0.2, -0.15) is 0 Å². The fourth-order valence-corrected chi connectivity index (χ4v) is 2.70. The quantitative estimate of drug-likeness (QED) is 0.854. The normalized spacial score (nSPS) is 10.9. The highest BCUT2D eigenvalue weighted by atomic mass is 32.1. The predicted octanol–water partition coefficient (Wildman–Crippen LogP) is 3.45. The molecule has 92 valence electrons. The zero-order chi connectivity index (χ0) is 12.1. The summed E-state index contributed by atoms with van der Waals surface area (Å²) in [6, 6.07) is 4.27. The molecular weight excluding hydrogens is 232 g/mol. The van der Waals surface area contributed by atoms with Crippen LogP contribution >= 0.6 is 11.3 Å². The molecule has 0 spiro atoms. The fraction of sp³-hybridized carbons (Fsp3) is 0.462. The van der Waals surface area contributed by atoms with E-state index in [2.05, 4.69) is 29.6 Å². The lowest BCUT2D eigenvalue weighted by Crippen LogP contribution is -1.95. The maximum atomic E-state index is 5.79. The molecule has 3 nitrogen and oxygen atoms in total. The predicted molar refractivity (Wildman–Crippen MR) is 71.3 cm³/mol. The summed E-state index contributed by atoms with van der Waals surface area (Å²) >= 11 is 1.81. The summed E-state index contributed by atoms with van der Waals surface area (Å²) in [5.74, 6) is 1.54. The van der Waals surface area contributed by atoms with Crippen LogP contribution in [-0.2, 0) is 19.3 Å². The van der Waals surface area contributed by atoms with Crippen molar-refractivity contribution in [1.29, 1.82) is 0 Å². The minimum absolute atomic E-state index is 0.568. The molecule has 0 aromatic carbocycles. The average Bonchev–Trinajstić information content (AvgIpc) is 2.93. The number of nitrogens with two attached hydrogens (primary N) is 1. The van der Waals surface area contributed by atoms with E-state index in [9.17, 15) is 0 Å². The summed E-state index contributed by atoms with van der Waals surface area (Å²) in [4.78, 5) is 1.43. The second-order valence-electron chi connectivity index (χ2n) is 4.15. The van der Waals surface area contributed by atoms with Crippen molar-refractivity contribution in [2.24, 2.45) is 0 Å². The highest BCUT2D eigenvalue weighted by molar-refractivity contribution is 7.09. The molecule has 0 atom stereocenters. The molecule has 0 amide bonds. The molecule has 0 aliphatic rings. The zero-order valence-electron chi connectivity index (χ0n) is 10.1. The number of aromatic nitrogens is 1. The van der Waals surface area contributed by atoms with E-state index in [1.807, 2.05) is 0 Å². The largest absolute Gasteiger partial charge is 0.381 e. The third-order valence-corrected chi connectivity index (χ3v) is 3.74. The second kappa shape index (κ2) is 5.87. The maximum absolute atomic E-state index is 5.79. The van der Waals surface area contributed by atoms with Gasteiger partial charge in [0.05, 0.1) is 0 Å². The molecule has 0 unspecified atom stereocenters. The Kier molecular flexibility index (Phi) is 4.20. The third kappa shape index (κ3) is 3.09. The molecule has 2 aromatic rings. The van der Waals surface area contributed by atoms with Gasteiger partial charge < -0.3 is 10.3 Å². The minimum Gasteiger partial charge on any atom is -0.381 e. The number of nitrogens with zero attached hydrogens (tertiary/aromatic N) is 1. The van der Waals surface area contributed by atoms with Gasteiger partial charge in [-0.15, -0.1) is 11.3 Å². The van der Waals surface area contributed by atoms with Crippen LogP contribution < -0.4 is 5.73 Å². The molecule has 0 aliphatic carbocycles. The van der Waals surface area contributed by atoms with Gasteiger partial charge in [0.1, 0.15) is 5.76 Å². The highest BCUT2D eigenvalue weighted by Crippen LogP contribution is 2.21. The summed E-state index contributed by atoms with van der Waals surface area (Å²) in [5.41, 5.74) is 6.90. The van der Waals surface area contributed by atoms with Crippen LogP contribution in [-0.4, -0.2) is 5.16 Å². The van der Waals surface area contributed by atoms with Gasteiger partial charge in [0.15, 0.2) is 5.82 Å². The van der Waals surface area contributed by atoms with E-state index in [4.69, 9.17) is 10.3 Å². The Morgan fingerprint density at radius 3 is 2.94 bits per heavy atom. The van der Waals surface area contributed by atoms with Crippen molar-refractivity contribution in [3.63, 3.8) is 0 Å². The Labute approximate surface area is 106 Å². The second-order valence-corrected chi connectivity index (χ2v) is 5.18. The van der Waals surface area contributed by atoms with E-state index in [0.717, 1.165) is 43.4 Å². The molecule has 2 aromatic heterocycles. The zero-order valence-corrected chi connectivity index (χ0v) is 10.9. The number of thiophene rings is 1. The summed E-state index contributed by atoms with van der Waals surface area (Å²) in [5, 5.41) is 5.97. The van der Waals surface area contributed by atoms with Gasteiger partial charge in [0.25, 0.3) is 0 Å². The van der Waals surface area contributed by atoms with Gasteiger partial charge in [-0.1, -0.05) is 24.6 Å². The number of nitrogen functional groups attached to an aromatic ring is 1. The third-order valence-electron chi connectivity index (χ3n) is 2.81. The first kappa shape index (κ1) is 12.2. The maximum Gasteiger partial charge on any atom is 0.170 e. The van der Waals surface area contributed by atoms with E-state index >= 15 is 0 Å². The Morgan fingerprint density at radius 2 is 2.24 bits per heavy atom. The highest BCUT2D eigenvalue weighted by Gasteiger charge is 2.12. The average molecular weight is 250 g/mol. The fourth-order valence-electron chi connectivity index (χ4n) is 1.95. The number of hydrogen-bond donors (Lipinski definition) is 1. The molecule has 17 heavy (non-hydrogen) atoms. The molecule has 0 saturated carbocycles. The Hall–Kier alpha value is -1.29. The van der Waals surface area contributed by atoms with E-state index < -0.39 is 0 Å². The summed E-state index contributed by atoms with van der Waals surface area (Å²) < 4.78 is 5.30. The van der Waals surface area contributed by atoms with E-state index in [-0.39, 0.29) is 0 Å². The summed E-state index contributed by atoms with van der Waals surface area (Å²) in [6.07, 6.45) is 5.15. The Bertz CT molecular complexity index is 448. The van der Waals surface area contributed by atoms with Crippen LogP contribution in [0.4, 0.5) is 5.82 Å². The minimum atomic E-state index is 0.568. The standard InChI is InChI=1S/C13H18N2OS/c1-2-5-11-12(16-15-13(11)14)8-3-6-10-7-4-9-17-10/h4,7,9H,2-3,5-6,8H2,1H3,(H2,14,15). The summed E-state index contributed by atoms with van der Waals surface area (Å²) in [7, 11) is 0. The molecule has 4 heteroatoms. The summed E-state index contributed by atoms with van der Waals surface area (Å²) in [6.45, 7) is 2.14. The van der Waals surface area contributed by atoms with Crippen LogP contribution in [0.5, 0.6) is 0 Å². The first-order chi connectivity index (χ1) is 8.31. The lowest BCUT2D eigenvalue weighted by molar-refractivity contribution is 0.381. The first-order valence-corrected chi connectivity index (χ1v) is 6.94. The Balaban J connectivity index is 1.90. The van der Waals surface area contributed by atoms with Gasteiger partial charge >= 0.3 is 0 Å². The van der Waals surface area contributed by atoms with Crippen LogP contribution in [0, 0.1) is 0 Å². The first-order valence-electron chi connectivity index (χ1n) is 6.06. The molecule has 0 fully saturated rings. The molecule has 0 saturated heterocycles. The topological polar surface area (TPSA) is 52.0 Å². The lowest BCUT2D eigenvalue weighted by Gasteiger charge is -2.00. The van der Waals surface area contributed by atoms with Gasteiger partial charge in [0.2, 0.25) is 0 Å². The van der Waals surface area contributed by atoms with Gasteiger partial charge in [-0.05, 0) is 30.7 Å². The monoisotopic (exact) mass is 250 g/mol. The number of anilines is 1. The van der Waals surface area contributed by atoms with E-state index in [1.54, 1.807) is 11.3 Å². The van der Waals surface area contributed by atoms with Crippen molar-refractivity contribution in [1.82, 2.24) is 5.16 Å². The van der Waals surface area contributed by atoms with Crippen molar-refractivity contribution >= 4 is 17.2 Å². The van der Waals surface area contributed by atoms with Gasteiger partial charge in [0, 0.05) is 16.9 Å². The molecule has 2 N–H and O–H groups in total. The van der Waals surface area contributed by atoms with E-state index in [0.29, 0.717) is 5.82 Å². The van der Waals surface area contributed by atoms with Crippen LogP contribution in [0.25, 0.3) is 0 Å². The van der Waals surface area contributed by atoms with Crippen molar-refractivity contribution in [2.75, 3.05) is 5.73 Å². The molecule has 0 aliphatic heterocycles. The molecule has 2 rings (SSSR count). The SMILES string of the molecule is CCCc1c(N)noc1CCCc1cccs1. The van der Waals surface area contributed by atoms with Crippen molar-refractivity contribution in [2.45, 2.75) is 39.0 Å². The molecular formula is C13H18N2OS. The molecule has 0 bridgehead atoms. The van der Waals surface area contributed by atoms with Crippen LogP contribution in [0.2, 0.25) is 0 Å². The number of aryl methyl sites for hydroxylation is 2.